The molecule has 0 aliphatic rings. The van der Waals surface area contributed by atoms with Crippen molar-refractivity contribution in [1.29, 1.82) is 0 Å². The van der Waals surface area contributed by atoms with Gasteiger partial charge in [-0.25, -0.2) is 0 Å². The number of nitrogens with two attached hydrogens (primary N) is 1. The minimum absolute atomic E-state index is 0.200. The molecule has 1 aromatic rings. The van der Waals surface area contributed by atoms with Crippen LogP contribution in [0.1, 0.15) is 20.8 Å². The first-order valence-electron chi connectivity index (χ1n) is 3.63. The summed E-state index contributed by atoms with van der Waals surface area (Å²) in [5.41, 5.74) is 5.60. The van der Waals surface area contributed by atoms with Crippen molar-refractivity contribution in [1.82, 2.24) is 15.0 Å². The maximum atomic E-state index is 5.40. The molecule has 1 rings (SSSR count). The number of nitrogen functional groups attached to an aromatic ring is 1. The molecular weight excluding hydrogens is 140 g/mol. The molecule has 0 spiro atoms. The van der Waals surface area contributed by atoms with Crippen molar-refractivity contribution < 1.29 is 0 Å². The predicted molar refractivity (Wildman–Crippen MR) is 43.9 cm³/mol. The molecule has 0 aliphatic carbocycles. The van der Waals surface area contributed by atoms with Crippen molar-refractivity contribution in [2.75, 3.05) is 5.73 Å². The van der Waals surface area contributed by atoms with E-state index in [1.165, 1.54) is 0 Å². The zero-order valence-electron chi connectivity index (χ0n) is 7.20. The number of aromatic nitrogens is 3. The third-order valence-corrected chi connectivity index (χ3v) is 1.17. The lowest BCUT2D eigenvalue weighted by Crippen LogP contribution is -2.17. The van der Waals surface area contributed by atoms with Gasteiger partial charge in [0, 0.05) is 0 Å². The second-order valence-electron chi connectivity index (χ2n) is 3.86. The van der Waals surface area contributed by atoms with Gasteiger partial charge >= 0.3 is 0 Å². The summed E-state index contributed by atoms with van der Waals surface area (Å²) in [6, 6.07) is 0. The monoisotopic (exact) mass is 154 g/mol. The standard InChI is InChI=1S/C7H14N4/c1-7(2,3)5-11-9-4-6(8)10-11/h4H,5H2,1-3H3,(H2,8,10). The summed E-state index contributed by atoms with van der Waals surface area (Å²) >= 11 is 0. The highest BCUT2D eigenvalue weighted by Gasteiger charge is 2.12. The van der Waals surface area contributed by atoms with Gasteiger partial charge in [0.25, 0.3) is 0 Å². The van der Waals surface area contributed by atoms with Crippen LogP contribution in [0.4, 0.5) is 5.82 Å². The van der Waals surface area contributed by atoms with Crippen LogP contribution < -0.4 is 5.73 Å². The number of hydrogen-bond donors (Lipinski definition) is 1. The molecule has 0 radical (unpaired) electrons. The smallest absolute Gasteiger partial charge is 0.165 e. The molecule has 0 amide bonds. The molecule has 0 saturated carbocycles. The van der Waals surface area contributed by atoms with Crippen molar-refractivity contribution in [2.45, 2.75) is 27.3 Å². The topological polar surface area (TPSA) is 56.7 Å². The minimum Gasteiger partial charge on any atom is -0.381 e. The predicted octanol–water partition coefficient (Wildman–Crippen LogP) is 0.906. The summed E-state index contributed by atoms with van der Waals surface area (Å²) in [5.74, 6) is 0.481. The van der Waals surface area contributed by atoms with Gasteiger partial charge in [-0.3, -0.25) is 0 Å². The van der Waals surface area contributed by atoms with Crippen molar-refractivity contribution >= 4 is 5.82 Å². The molecule has 4 nitrogen and oxygen atoms in total. The van der Waals surface area contributed by atoms with E-state index in [9.17, 15) is 0 Å². The van der Waals surface area contributed by atoms with E-state index in [0.29, 0.717) is 5.82 Å². The molecule has 0 unspecified atom stereocenters. The molecule has 2 N–H and O–H groups in total. The minimum atomic E-state index is 0.200. The van der Waals surface area contributed by atoms with Crippen molar-refractivity contribution in [2.24, 2.45) is 5.41 Å². The number of anilines is 1. The van der Waals surface area contributed by atoms with Gasteiger partial charge in [0.1, 0.15) is 0 Å². The van der Waals surface area contributed by atoms with E-state index >= 15 is 0 Å². The second kappa shape index (κ2) is 2.53. The first kappa shape index (κ1) is 8.04. The Labute approximate surface area is 66.4 Å². The molecule has 4 heteroatoms. The molecule has 1 heterocycles. The number of hydrogen-bond acceptors (Lipinski definition) is 3. The summed E-state index contributed by atoms with van der Waals surface area (Å²) < 4.78 is 0. The zero-order valence-corrected chi connectivity index (χ0v) is 7.20. The first-order chi connectivity index (χ1) is 4.97. The second-order valence-corrected chi connectivity index (χ2v) is 3.86. The van der Waals surface area contributed by atoms with Crippen LogP contribution in [0.3, 0.4) is 0 Å². The van der Waals surface area contributed by atoms with Crippen LogP contribution in [0.5, 0.6) is 0 Å². The van der Waals surface area contributed by atoms with Crippen LogP contribution in [-0.2, 0) is 6.54 Å². The van der Waals surface area contributed by atoms with Crippen LogP contribution >= 0.6 is 0 Å². The Kier molecular flexibility index (Phi) is 1.85. The normalized spacial score (nSPS) is 11.9. The van der Waals surface area contributed by atoms with E-state index in [-0.39, 0.29) is 5.41 Å². The summed E-state index contributed by atoms with van der Waals surface area (Å²) in [5, 5.41) is 7.96. The van der Waals surface area contributed by atoms with E-state index in [0.717, 1.165) is 6.54 Å². The molecule has 0 atom stereocenters. The maximum Gasteiger partial charge on any atom is 0.165 e. The molecule has 62 valence electrons. The van der Waals surface area contributed by atoms with Crippen LogP contribution in [-0.4, -0.2) is 15.0 Å². The van der Waals surface area contributed by atoms with Crippen molar-refractivity contribution in [3.8, 4) is 0 Å². The van der Waals surface area contributed by atoms with E-state index in [4.69, 9.17) is 5.73 Å². The molecule has 0 fully saturated rings. The van der Waals surface area contributed by atoms with E-state index in [2.05, 4.69) is 31.0 Å². The molecule has 0 aromatic carbocycles. The van der Waals surface area contributed by atoms with E-state index in [1.807, 2.05) is 0 Å². The van der Waals surface area contributed by atoms with Gasteiger partial charge in [-0.05, 0) is 5.41 Å². The molecule has 1 aromatic heterocycles. The Bertz CT molecular complexity index is 233. The van der Waals surface area contributed by atoms with Gasteiger partial charge in [-0.2, -0.15) is 9.90 Å². The molecule has 0 saturated heterocycles. The van der Waals surface area contributed by atoms with Crippen LogP contribution in [0.25, 0.3) is 0 Å². The Balaban J connectivity index is 2.65. The third kappa shape index (κ3) is 2.57. The fourth-order valence-corrected chi connectivity index (χ4v) is 0.811. The number of nitrogens with zero attached hydrogens (tertiary/aromatic N) is 3. The molecule has 0 aliphatic heterocycles. The van der Waals surface area contributed by atoms with Gasteiger partial charge in [0.15, 0.2) is 5.82 Å². The van der Waals surface area contributed by atoms with Gasteiger partial charge in [-0.15, -0.1) is 5.10 Å². The SMILES string of the molecule is CC(C)(C)Cn1ncc(N)n1. The highest BCUT2D eigenvalue weighted by Crippen LogP contribution is 2.14. The fourth-order valence-electron chi connectivity index (χ4n) is 0.811. The molecule has 0 bridgehead atoms. The zero-order chi connectivity index (χ0) is 8.48. The Morgan fingerprint density at radius 3 is 2.55 bits per heavy atom. The van der Waals surface area contributed by atoms with Crippen LogP contribution in [0.2, 0.25) is 0 Å². The summed E-state index contributed by atoms with van der Waals surface area (Å²) in [6.07, 6.45) is 1.56. The quantitative estimate of drug-likeness (QED) is 0.654. The van der Waals surface area contributed by atoms with E-state index < -0.39 is 0 Å². The Hall–Kier alpha value is -1.06. The average molecular weight is 154 g/mol. The Morgan fingerprint density at radius 1 is 1.55 bits per heavy atom. The lowest BCUT2D eigenvalue weighted by Gasteiger charge is -2.16. The van der Waals surface area contributed by atoms with Crippen LogP contribution in [0, 0.1) is 5.41 Å². The number of rotatable bonds is 1. The largest absolute Gasteiger partial charge is 0.381 e. The average Bonchev–Trinajstić information content (AvgIpc) is 2.10. The summed E-state index contributed by atoms with van der Waals surface area (Å²) in [6.45, 7) is 7.19. The first-order valence-corrected chi connectivity index (χ1v) is 3.63. The molecule has 11 heavy (non-hydrogen) atoms. The lowest BCUT2D eigenvalue weighted by molar-refractivity contribution is 0.303. The highest BCUT2D eigenvalue weighted by molar-refractivity contribution is 5.19. The summed E-state index contributed by atoms with van der Waals surface area (Å²) in [4.78, 5) is 1.62. The maximum absolute atomic E-state index is 5.40. The van der Waals surface area contributed by atoms with Gasteiger partial charge in [-0.1, -0.05) is 20.8 Å². The van der Waals surface area contributed by atoms with Crippen LogP contribution in [0.15, 0.2) is 6.20 Å². The lowest BCUT2D eigenvalue weighted by atomic mass is 9.97. The fraction of sp³-hybridized carbons (Fsp3) is 0.714. The van der Waals surface area contributed by atoms with Crippen molar-refractivity contribution in [3.63, 3.8) is 0 Å². The van der Waals surface area contributed by atoms with Gasteiger partial charge in [0.05, 0.1) is 12.7 Å². The highest BCUT2D eigenvalue weighted by atomic mass is 15.5. The van der Waals surface area contributed by atoms with E-state index in [1.54, 1.807) is 11.0 Å². The molecular formula is C7H14N4. The van der Waals surface area contributed by atoms with Gasteiger partial charge < -0.3 is 5.73 Å². The van der Waals surface area contributed by atoms with Gasteiger partial charge in [0.2, 0.25) is 0 Å². The van der Waals surface area contributed by atoms with Crippen molar-refractivity contribution in [3.05, 3.63) is 6.20 Å². The third-order valence-electron chi connectivity index (χ3n) is 1.17. The Morgan fingerprint density at radius 2 is 2.18 bits per heavy atom. The summed E-state index contributed by atoms with van der Waals surface area (Å²) in [7, 11) is 0.